The van der Waals surface area contributed by atoms with Gasteiger partial charge >= 0.3 is 0 Å². The van der Waals surface area contributed by atoms with E-state index in [4.69, 9.17) is 21.1 Å². The fourth-order valence-electron chi connectivity index (χ4n) is 4.01. The number of hydrogen-bond donors (Lipinski definition) is 2. The molecule has 0 bridgehead atoms. The first kappa shape index (κ1) is 19.2. The molecule has 4 aromatic rings. The molecule has 1 aliphatic carbocycles. The van der Waals surface area contributed by atoms with Crippen molar-refractivity contribution in [3.05, 3.63) is 53.4 Å². The van der Waals surface area contributed by atoms with Crippen LogP contribution in [-0.2, 0) is 0 Å². The minimum Gasteiger partial charge on any atom is -0.358 e. The standard InChI is InChI=1S/C21H20ClN9O/c22-13-10-25-21(27-20(13)26-19-9-14(28-29-19)12-3-4-12)31-7-1-2-17(31)18-8-15(30-32-18)16-11-23-5-6-24-16/h5-6,8-12,17H,1-4,7H2,(H2,25,26,27,28,29)/t17-/m0/s1. The summed E-state index contributed by atoms with van der Waals surface area (Å²) in [6.07, 6.45) is 10.8. The molecule has 162 valence electrons. The summed E-state index contributed by atoms with van der Waals surface area (Å²) in [4.78, 5) is 19.7. The van der Waals surface area contributed by atoms with Crippen molar-refractivity contribution in [3.63, 3.8) is 0 Å². The van der Waals surface area contributed by atoms with Crippen LogP contribution in [0.25, 0.3) is 11.4 Å². The molecule has 4 aromatic heterocycles. The summed E-state index contributed by atoms with van der Waals surface area (Å²) in [5, 5.41) is 15.2. The lowest BCUT2D eigenvalue weighted by atomic mass is 10.1. The van der Waals surface area contributed by atoms with Crippen molar-refractivity contribution in [2.75, 3.05) is 16.8 Å². The van der Waals surface area contributed by atoms with Crippen molar-refractivity contribution < 1.29 is 4.52 Å². The highest BCUT2D eigenvalue weighted by Crippen LogP contribution is 2.40. The van der Waals surface area contributed by atoms with Gasteiger partial charge in [0.1, 0.15) is 16.4 Å². The largest absolute Gasteiger partial charge is 0.358 e. The van der Waals surface area contributed by atoms with Gasteiger partial charge in [-0.2, -0.15) is 10.1 Å². The van der Waals surface area contributed by atoms with Gasteiger partial charge in [0.25, 0.3) is 0 Å². The van der Waals surface area contributed by atoms with Crippen LogP contribution in [0, 0.1) is 0 Å². The summed E-state index contributed by atoms with van der Waals surface area (Å²) in [6, 6.07) is 3.90. The van der Waals surface area contributed by atoms with Gasteiger partial charge in [-0.05, 0) is 25.7 Å². The van der Waals surface area contributed by atoms with E-state index in [1.807, 2.05) is 12.1 Å². The minimum atomic E-state index is -0.0196. The highest BCUT2D eigenvalue weighted by atomic mass is 35.5. The molecule has 32 heavy (non-hydrogen) atoms. The molecule has 1 saturated carbocycles. The second kappa shape index (κ2) is 7.86. The molecule has 0 amide bonds. The number of H-pyrrole nitrogens is 1. The van der Waals surface area contributed by atoms with Crippen LogP contribution < -0.4 is 10.2 Å². The fraction of sp³-hybridized carbons (Fsp3) is 0.333. The summed E-state index contributed by atoms with van der Waals surface area (Å²) in [7, 11) is 0. The molecular weight excluding hydrogens is 430 g/mol. The van der Waals surface area contributed by atoms with Crippen molar-refractivity contribution >= 4 is 29.2 Å². The van der Waals surface area contributed by atoms with Gasteiger partial charge in [-0.3, -0.25) is 15.1 Å². The number of aromatic amines is 1. The lowest BCUT2D eigenvalue weighted by Crippen LogP contribution is -2.24. The highest BCUT2D eigenvalue weighted by Gasteiger charge is 2.32. The maximum atomic E-state index is 6.37. The first-order valence-corrected chi connectivity index (χ1v) is 11.0. The van der Waals surface area contributed by atoms with Gasteiger partial charge < -0.3 is 14.7 Å². The average Bonchev–Trinajstić information content (AvgIpc) is 3.21. The Balaban J connectivity index is 1.25. The molecule has 2 fully saturated rings. The van der Waals surface area contributed by atoms with Gasteiger partial charge in [-0.1, -0.05) is 16.8 Å². The number of hydrogen-bond acceptors (Lipinski definition) is 9. The summed E-state index contributed by atoms with van der Waals surface area (Å²) < 4.78 is 5.66. The number of rotatable bonds is 6. The molecule has 1 saturated heterocycles. The zero-order valence-electron chi connectivity index (χ0n) is 17.1. The third kappa shape index (κ3) is 3.66. The summed E-state index contributed by atoms with van der Waals surface area (Å²) in [6.45, 7) is 0.807. The first-order valence-electron chi connectivity index (χ1n) is 10.6. The molecule has 2 N–H and O–H groups in total. The summed E-state index contributed by atoms with van der Waals surface area (Å²) in [5.41, 5.74) is 2.47. The van der Waals surface area contributed by atoms with Crippen LogP contribution in [0.1, 0.15) is 49.1 Å². The van der Waals surface area contributed by atoms with Crippen LogP contribution in [0.15, 0.2) is 41.4 Å². The van der Waals surface area contributed by atoms with Gasteiger partial charge in [0.05, 0.1) is 18.4 Å². The molecule has 11 heteroatoms. The van der Waals surface area contributed by atoms with E-state index in [1.54, 1.807) is 24.8 Å². The van der Waals surface area contributed by atoms with Gasteiger partial charge in [0.2, 0.25) is 5.95 Å². The number of halogens is 1. The number of nitrogens with zero attached hydrogens (tertiary/aromatic N) is 7. The fourth-order valence-corrected chi connectivity index (χ4v) is 4.15. The van der Waals surface area contributed by atoms with Crippen molar-refractivity contribution in [2.24, 2.45) is 0 Å². The smallest absolute Gasteiger partial charge is 0.228 e. The van der Waals surface area contributed by atoms with Crippen molar-refractivity contribution in [3.8, 4) is 11.4 Å². The number of nitrogens with one attached hydrogen (secondary N) is 2. The Bertz CT molecular complexity index is 1240. The molecule has 1 atom stereocenters. The van der Waals surface area contributed by atoms with E-state index >= 15 is 0 Å². The van der Waals surface area contributed by atoms with E-state index in [2.05, 4.69) is 40.5 Å². The molecule has 0 radical (unpaired) electrons. The number of aromatic nitrogens is 7. The van der Waals surface area contributed by atoms with Gasteiger partial charge in [0.15, 0.2) is 17.4 Å². The van der Waals surface area contributed by atoms with Crippen LogP contribution in [0.2, 0.25) is 5.02 Å². The van der Waals surface area contributed by atoms with E-state index in [9.17, 15) is 0 Å². The monoisotopic (exact) mass is 449 g/mol. The van der Waals surface area contributed by atoms with E-state index in [1.165, 1.54) is 12.8 Å². The number of anilines is 3. The molecule has 0 spiro atoms. The average molecular weight is 450 g/mol. The lowest BCUT2D eigenvalue weighted by Gasteiger charge is -2.23. The van der Waals surface area contributed by atoms with Crippen LogP contribution in [0.4, 0.5) is 17.6 Å². The van der Waals surface area contributed by atoms with Gasteiger partial charge in [-0.15, -0.1) is 0 Å². The van der Waals surface area contributed by atoms with Gasteiger partial charge in [0, 0.05) is 42.7 Å². The molecule has 1 aliphatic heterocycles. The summed E-state index contributed by atoms with van der Waals surface area (Å²) >= 11 is 6.37. The topological polar surface area (TPSA) is 122 Å². The van der Waals surface area contributed by atoms with Crippen molar-refractivity contribution in [1.82, 2.24) is 35.3 Å². The predicted molar refractivity (Wildman–Crippen MR) is 118 cm³/mol. The van der Waals surface area contributed by atoms with Gasteiger partial charge in [-0.25, -0.2) is 4.98 Å². The zero-order chi connectivity index (χ0) is 21.5. The third-order valence-corrected chi connectivity index (χ3v) is 6.06. The van der Waals surface area contributed by atoms with Crippen LogP contribution in [0.5, 0.6) is 0 Å². The van der Waals surface area contributed by atoms with Crippen molar-refractivity contribution in [2.45, 2.75) is 37.6 Å². The highest BCUT2D eigenvalue weighted by molar-refractivity contribution is 6.32. The van der Waals surface area contributed by atoms with Crippen molar-refractivity contribution in [1.29, 1.82) is 0 Å². The zero-order valence-corrected chi connectivity index (χ0v) is 17.8. The lowest BCUT2D eigenvalue weighted by molar-refractivity contribution is 0.362. The molecular formula is C21H20ClN9O. The molecule has 2 aliphatic rings. The Labute approximate surface area is 188 Å². The molecule has 5 heterocycles. The Morgan fingerprint density at radius 1 is 1.09 bits per heavy atom. The van der Waals surface area contributed by atoms with Crippen LogP contribution in [0.3, 0.4) is 0 Å². The van der Waals surface area contributed by atoms with E-state index in [0.29, 0.717) is 39.9 Å². The third-order valence-electron chi connectivity index (χ3n) is 5.78. The normalized spacial score (nSPS) is 18.3. The second-order valence-electron chi connectivity index (χ2n) is 8.03. The quantitative estimate of drug-likeness (QED) is 0.444. The molecule has 6 rings (SSSR count). The Morgan fingerprint density at radius 2 is 2.03 bits per heavy atom. The van der Waals surface area contributed by atoms with Crippen LogP contribution in [-0.4, -0.2) is 41.8 Å². The van der Waals surface area contributed by atoms with E-state index in [-0.39, 0.29) is 6.04 Å². The first-order chi connectivity index (χ1) is 15.7. The Morgan fingerprint density at radius 3 is 2.88 bits per heavy atom. The molecule has 0 unspecified atom stereocenters. The maximum Gasteiger partial charge on any atom is 0.228 e. The van der Waals surface area contributed by atoms with Crippen LogP contribution >= 0.6 is 11.6 Å². The van der Waals surface area contributed by atoms with E-state index in [0.717, 1.165) is 30.8 Å². The summed E-state index contributed by atoms with van der Waals surface area (Å²) in [5.74, 6) is 3.13. The molecule has 0 aromatic carbocycles. The maximum absolute atomic E-state index is 6.37. The Kier molecular flexibility index (Phi) is 4.71. The second-order valence-corrected chi connectivity index (χ2v) is 8.44. The van der Waals surface area contributed by atoms with E-state index < -0.39 is 0 Å². The predicted octanol–water partition coefficient (Wildman–Crippen LogP) is 4.26. The minimum absolute atomic E-state index is 0.0196. The molecule has 10 nitrogen and oxygen atoms in total. The Hall–Kier alpha value is -3.53. The SMILES string of the molecule is Clc1cnc(N2CCC[C@H]2c2cc(-c3cnccn3)no2)nc1Nc1cc(C2CC2)[nH]n1.